The first-order chi connectivity index (χ1) is 4.47. The highest BCUT2D eigenvalue weighted by atomic mass is 14.8. The van der Waals surface area contributed by atoms with Crippen molar-refractivity contribution in [1.29, 1.82) is 0 Å². The molecule has 1 unspecified atom stereocenters. The van der Waals surface area contributed by atoms with Gasteiger partial charge in [0.15, 0.2) is 0 Å². The molecule has 1 saturated carbocycles. The minimum absolute atomic E-state index is 0.922. The van der Waals surface area contributed by atoms with Crippen LogP contribution in [0.25, 0.3) is 0 Å². The number of nitrogens with one attached hydrogen (secondary N) is 1. The summed E-state index contributed by atoms with van der Waals surface area (Å²) in [5.74, 6) is 1.98. The molecule has 1 atom stereocenters. The van der Waals surface area contributed by atoms with Crippen molar-refractivity contribution in [3.8, 4) is 0 Å². The number of hydrogen-bond donors (Lipinski definition) is 1. The van der Waals surface area contributed by atoms with E-state index in [0.29, 0.717) is 0 Å². The van der Waals surface area contributed by atoms with Crippen LogP contribution in [0.15, 0.2) is 12.3 Å². The van der Waals surface area contributed by atoms with Crippen LogP contribution in [0.1, 0.15) is 19.3 Å². The molecule has 0 spiro atoms. The Labute approximate surface area is 56.1 Å². The lowest BCUT2D eigenvalue weighted by Gasteiger charge is -2.15. The summed E-state index contributed by atoms with van der Waals surface area (Å²) in [4.78, 5) is 0. The smallest absolute Gasteiger partial charge is 0.0147 e. The first kappa shape index (κ1) is 5.33. The molecular weight excluding hydrogens is 110 g/mol. The molecule has 0 saturated heterocycles. The Morgan fingerprint density at radius 1 is 1.22 bits per heavy atom. The molecule has 50 valence electrons. The maximum Gasteiger partial charge on any atom is 0.0147 e. The van der Waals surface area contributed by atoms with Crippen molar-refractivity contribution in [3.05, 3.63) is 12.3 Å². The molecule has 1 fully saturated rings. The van der Waals surface area contributed by atoms with Crippen molar-refractivity contribution in [1.82, 2.24) is 5.32 Å². The largest absolute Gasteiger partial charge is 0.391 e. The van der Waals surface area contributed by atoms with Gasteiger partial charge in [-0.15, -0.1) is 0 Å². The molecule has 0 radical (unpaired) electrons. The summed E-state index contributed by atoms with van der Waals surface area (Å²) in [5.41, 5.74) is 0. The van der Waals surface area contributed by atoms with Gasteiger partial charge in [-0.2, -0.15) is 0 Å². The van der Waals surface area contributed by atoms with E-state index in [1.807, 2.05) is 0 Å². The fourth-order valence-corrected chi connectivity index (χ4v) is 1.54. The summed E-state index contributed by atoms with van der Waals surface area (Å²) < 4.78 is 0. The van der Waals surface area contributed by atoms with Crippen LogP contribution in [0, 0.1) is 11.8 Å². The van der Waals surface area contributed by atoms with Gasteiger partial charge in [-0.25, -0.2) is 0 Å². The predicted octanol–water partition coefficient (Wildman–Crippen LogP) is 1.52. The average Bonchev–Trinajstić information content (AvgIpc) is 2.71. The summed E-state index contributed by atoms with van der Waals surface area (Å²) in [6.45, 7) is 1.19. The van der Waals surface area contributed by atoms with E-state index in [4.69, 9.17) is 0 Å². The third-order valence-corrected chi connectivity index (χ3v) is 2.31. The van der Waals surface area contributed by atoms with Crippen LogP contribution in [0.3, 0.4) is 0 Å². The highest BCUT2D eigenvalue weighted by Gasteiger charge is 2.29. The van der Waals surface area contributed by atoms with Gasteiger partial charge in [0.2, 0.25) is 0 Å². The van der Waals surface area contributed by atoms with Crippen LogP contribution in [-0.4, -0.2) is 6.54 Å². The van der Waals surface area contributed by atoms with E-state index in [1.165, 1.54) is 25.8 Å². The quantitative estimate of drug-likeness (QED) is 0.557. The molecule has 1 nitrogen and oxygen atoms in total. The lowest BCUT2D eigenvalue weighted by Crippen LogP contribution is -2.18. The van der Waals surface area contributed by atoms with Gasteiger partial charge in [0.25, 0.3) is 0 Å². The van der Waals surface area contributed by atoms with E-state index in [1.54, 1.807) is 0 Å². The van der Waals surface area contributed by atoms with Gasteiger partial charge in [-0.05, 0) is 37.3 Å². The van der Waals surface area contributed by atoms with Crippen LogP contribution in [0.2, 0.25) is 0 Å². The Balaban J connectivity index is 1.94. The molecule has 9 heavy (non-hydrogen) atoms. The SMILES string of the molecule is C1=CC(C2CC2)CCN1. The van der Waals surface area contributed by atoms with Crippen LogP contribution in [-0.2, 0) is 0 Å². The zero-order valence-electron chi connectivity index (χ0n) is 5.64. The lowest BCUT2D eigenvalue weighted by molar-refractivity contribution is 0.492. The van der Waals surface area contributed by atoms with E-state index < -0.39 is 0 Å². The fraction of sp³-hybridized carbons (Fsp3) is 0.750. The second kappa shape index (κ2) is 2.05. The van der Waals surface area contributed by atoms with Crippen LogP contribution >= 0.6 is 0 Å². The number of allylic oxidation sites excluding steroid dienone is 1. The number of rotatable bonds is 1. The van der Waals surface area contributed by atoms with Gasteiger partial charge in [-0.3, -0.25) is 0 Å². The normalized spacial score (nSPS) is 34.0. The molecule has 0 amide bonds. The van der Waals surface area contributed by atoms with E-state index in [-0.39, 0.29) is 0 Å². The molecule has 1 aliphatic carbocycles. The Bertz CT molecular complexity index is 125. The molecule has 1 heteroatoms. The van der Waals surface area contributed by atoms with E-state index in [0.717, 1.165) is 11.8 Å². The van der Waals surface area contributed by atoms with Gasteiger partial charge < -0.3 is 5.32 Å². The molecular formula is C8H13N. The van der Waals surface area contributed by atoms with E-state index in [9.17, 15) is 0 Å². The fourth-order valence-electron chi connectivity index (χ4n) is 1.54. The standard InChI is InChI=1S/C8H13N/c1-2-7(1)8-3-5-9-6-4-8/h3,5,7-9H,1-2,4,6H2. The summed E-state index contributed by atoms with van der Waals surface area (Å²) in [5, 5.41) is 3.22. The second-order valence-corrected chi connectivity index (χ2v) is 3.10. The Kier molecular flexibility index (Phi) is 1.22. The first-order valence-electron chi connectivity index (χ1n) is 3.87. The second-order valence-electron chi connectivity index (χ2n) is 3.10. The molecule has 0 aromatic carbocycles. The van der Waals surface area contributed by atoms with E-state index in [2.05, 4.69) is 17.6 Å². The first-order valence-corrected chi connectivity index (χ1v) is 3.87. The van der Waals surface area contributed by atoms with E-state index >= 15 is 0 Å². The third kappa shape index (κ3) is 1.09. The van der Waals surface area contributed by atoms with Crippen molar-refractivity contribution in [2.75, 3.05) is 6.54 Å². The Hall–Kier alpha value is -0.460. The monoisotopic (exact) mass is 123 g/mol. The highest BCUT2D eigenvalue weighted by Crippen LogP contribution is 2.39. The van der Waals surface area contributed by atoms with Crippen molar-refractivity contribution in [2.45, 2.75) is 19.3 Å². The number of hydrogen-bond acceptors (Lipinski definition) is 1. The van der Waals surface area contributed by atoms with Crippen LogP contribution in [0.5, 0.6) is 0 Å². The molecule has 1 heterocycles. The van der Waals surface area contributed by atoms with Crippen molar-refractivity contribution in [2.24, 2.45) is 11.8 Å². The molecule has 2 aliphatic rings. The molecule has 2 rings (SSSR count). The molecule has 0 bridgehead atoms. The van der Waals surface area contributed by atoms with Crippen molar-refractivity contribution < 1.29 is 0 Å². The van der Waals surface area contributed by atoms with Gasteiger partial charge >= 0.3 is 0 Å². The maximum atomic E-state index is 3.22. The minimum Gasteiger partial charge on any atom is -0.391 e. The third-order valence-electron chi connectivity index (χ3n) is 2.31. The van der Waals surface area contributed by atoms with Crippen molar-refractivity contribution >= 4 is 0 Å². The Morgan fingerprint density at radius 2 is 2.11 bits per heavy atom. The van der Waals surface area contributed by atoms with Gasteiger partial charge in [0, 0.05) is 6.54 Å². The molecule has 1 aliphatic heterocycles. The van der Waals surface area contributed by atoms with Gasteiger partial charge in [0.1, 0.15) is 0 Å². The zero-order valence-corrected chi connectivity index (χ0v) is 5.64. The summed E-state index contributed by atoms with van der Waals surface area (Å²) >= 11 is 0. The minimum atomic E-state index is 0.922. The predicted molar refractivity (Wildman–Crippen MR) is 38.0 cm³/mol. The molecule has 0 aromatic rings. The summed E-state index contributed by atoms with van der Waals surface area (Å²) in [7, 11) is 0. The summed E-state index contributed by atoms with van der Waals surface area (Å²) in [6, 6.07) is 0. The highest BCUT2D eigenvalue weighted by molar-refractivity contribution is 4.98. The maximum absolute atomic E-state index is 3.22. The van der Waals surface area contributed by atoms with Crippen LogP contribution in [0.4, 0.5) is 0 Å². The van der Waals surface area contributed by atoms with Crippen LogP contribution < -0.4 is 5.32 Å². The average molecular weight is 123 g/mol. The van der Waals surface area contributed by atoms with Gasteiger partial charge in [0.05, 0.1) is 0 Å². The zero-order chi connectivity index (χ0) is 6.10. The summed E-state index contributed by atoms with van der Waals surface area (Å²) in [6.07, 6.45) is 8.78. The van der Waals surface area contributed by atoms with Crippen molar-refractivity contribution in [3.63, 3.8) is 0 Å². The lowest BCUT2D eigenvalue weighted by atomic mass is 9.98. The molecule has 0 aromatic heterocycles. The van der Waals surface area contributed by atoms with Gasteiger partial charge in [-0.1, -0.05) is 6.08 Å². The molecule has 1 N–H and O–H groups in total. The Morgan fingerprint density at radius 3 is 2.67 bits per heavy atom. The topological polar surface area (TPSA) is 12.0 Å².